The Morgan fingerprint density at radius 3 is 2.27 bits per heavy atom. The molecule has 0 N–H and O–H groups in total. The Morgan fingerprint density at radius 2 is 1.61 bits per heavy atom. The van der Waals surface area contributed by atoms with Crippen molar-refractivity contribution in [2.45, 2.75) is 19.9 Å². The van der Waals surface area contributed by atoms with E-state index in [4.69, 9.17) is 4.74 Å². The molecule has 0 saturated carbocycles. The highest BCUT2D eigenvalue weighted by Gasteiger charge is 2.34. The molecule has 5 rings (SSSR count). The molecule has 0 unspecified atom stereocenters. The van der Waals surface area contributed by atoms with E-state index in [-0.39, 0.29) is 23.9 Å². The van der Waals surface area contributed by atoms with Crippen LogP contribution in [0.25, 0.3) is 21.3 Å². The van der Waals surface area contributed by atoms with Crippen LogP contribution in [0.4, 0.5) is 0 Å². The van der Waals surface area contributed by atoms with Gasteiger partial charge >= 0.3 is 0 Å². The number of aromatic nitrogens is 2. The highest BCUT2D eigenvalue weighted by Crippen LogP contribution is 2.31. The Labute approximate surface area is 193 Å². The summed E-state index contributed by atoms with van der Waals surface area (Å²) < 4.78 is 7.05. The van der Waals surface area contributed by atoms with Crippen molar-refractivity contribution < 1.29 is 14.3 Å². The highest BCUT2D eigenvalue weighted by molar-refractivity contribution is 7.17. The topological polar surface area (TPSA) is 81.5 Å². The molecule has 0 spiro atoms. The Hall–Kier alpha value is -3.78. The summed E-state index contributed by atoms with van der Waals surface area (Å²) in [5.41, 5.74) is 2.49. The van der Waals surface area contributed by atoms with Crippen molar-refractivity contribution in [3.63, 3.8) is 0 Å². The summed E-state index contributed by atoms with van der Waals surface area (Å²) in [5, 5.41) is 2.52. The van der Waals surface area contributed by atoms with Gasteiger partial charge in [0.2, 0.25) is 0 Å². The number of benzene rings is 2. The summed E-state index contributed by atoms with van der Waals surface area (Å²) in [5.74, 6) is 0.212. The maximum atomic E-state index is 13.2. The molecule has 2 aromatic heterocycles. The first-order valence-corrected chi connectivity index (χ1v) is 11.6. The Morgan fingerprint density at radius 1 is 0.909 bits per heavy atom. The molecule has 1 aliphatic heterocycles. The Balaban J connectivity index is 1.35. The van der Waals surface area contributed by atoms with Crippen LogP contribution in [0.3, 0.4) is 0 Å². The number of carbonyl (C=O) groups excluding carboxylic acids is 2. The highest BCUT2D eigenvalue weighted by atomic mass is 32.1. The predicted molar refractivity (Wildman–Crippen MR) is 127 cm³/mol. The first-order valence-electron chi connectivity index (χ1n) is 10.7. The number of ether oxygens (including phenoxy) is 1. The van der Waals surface area contributed by atoms with Gasteiger partial charge in [-0.3, -0.25) is 23.9 Å². The number of hydrogen-bond acceptors (Lipinski definition) is 6. The molecular formula is C25H21N3O4S. The van der Waals surface area contributed by atoms with Crippen LogP contribution in [0.2, 0.25) is 0 Å². The SMILES string of the molecule is CCOc1ccc(-c2csc3ncn(CCCN4C(=O)c5ccccc5C4=O)c(=O)c23)cc1. The van der Waals surface area contributed by atoms with Crippen LogP contribution in [0, 0.1) is 0 Å². The third-order valence-electron chi connectivity index (χ3n) is 5.70. The zero-order chi connectivity index (χ0) is 22.9. The van der Waals surface area contributed by atoms with Gasteiger partial charge in [0.05, 0.1) is 29.4 Å². The number of fused-ring (bicyclic) bond motifs is 2. The van der Waals surface area contributed by atoms with Crippen molar-refractivity contribution >= 4 is 33.4 Å². The number of thiophene rings is 1. The molecule has 0 atom stereocenters. The molecule has 0 saturated heterocycles. The van der Waals surface area contributed by atoms with Gasteiger partial charge in [0, 0.05) is 24.0 Å². The fraction of sp³-hybridized carbons (Fsp3) is 0.200. The van der Waals surface area contributed by atoms with E-state index in [1.807, 2.05) is 36.6 Å². The Kier molecular flexibility index (Phi) is 5.51. The lowest BCUT2D eigenvalue weighted by atomic mass is 10.1. The molecule has 166 valence electrons. The van der Waals surface area contributed by atoms with Gasteiger partial charge in [-0.2, -0.15) is 0 Å². The lowest BCUT2D eigenvalue weighted by Crippen LogP contribution is -2.32. The van der Waals surface area contributed by atoms with Crippen molar-refractivity contribution in [1.29, 1.82) is 0 Å². The van der Waals surface area contributed by atoms with Crippen molar-refractivity contribution in [2.75, 3.05) is 13.2 Å². The third kappa shape index (κ3) is 3.72. The van der Waals surface area contributed by atoms with Gasteiger partial charge < -0.3 is 4.74 Å². The third-order valence-corrected chi connectivity index (χ3v) is 6.58. The van der Waals surface area contributed by atoms with E-state index in [0.29, 0.717) is 40.9 Å². The number of nitrogens with zero attached hydrogens (tertiary/aromatic N) is 3. The monoisotopic (exact) mass is 459 g/mol. The summed E-state index contributed by atoms with van der Waals surface area (Å²) in [6.45, 7) is 3.12. The maximum absolute atomic E-state index is 13.2. The molecule has 3 heterocycles. The average Bonchev–Trinajstić information content (AvgIpc) is 3.37. The smallest absolute Gasteiger partial charge is 0.262 e. The summed E-state index contributed by atoms with van der Waals surface area (Å²) >= 11 is 1.43. The lowest BCUT2D eigenvalue weighted by molar-refractivity contribution is 0.0650. The van der Waals surface area contributed by atoms with Gasteiger partial charge in [0.1, 0.15) is 10.6 Å². The number of hydrogen-bond donors (Lipinski definition) is 0. The predicted octanol–water partition coefficient (Wildman–Crippen LogP) is 4.21. The van der Waals surface area contributed by atoms with Gasteiger partial charge in [0.15, 0.2) is 0 Å². The molecule has 4 aromatic rings. The second-order valence-electron chi connectivity index (χ2n) is 7.69. The molecule has 2 amide bonds. The van der Waals surface area contributed by atoms with Crippen molar-refractivity contribution in [3.05, 3.63) is 81.7 Å². The second-order valence-corrected chi connectivity index (χ2v) is 8.55. The van der Waals surface area contributed by atoms with E-state index >= 15 is 0 Å². The van der Waals surface area contributed by atoms with Gasteiger partial charge in [-0.1, -0.05) is 24.3 Å². The average molecular weight is 460 g/mol. The van der Waals surface area contributed by atoms with Crippen LogP contribution in [0.5, 0.6) is 5.75 Å². The summed E-state index contributed by atoms with van der Waals surface area (Å²) in [6.07, 6.45) is 1.99. The van der Waals surface area contributed by atoms with Crippen molar-refractivity contribution in [1.82, 2.24) is 14.5 Å². The van der Waals surface area contributed by atoms with E-state index in [2.05, 4.69) is 4.98 Å². The molecule has 2 aromatic carbocycles. The minimum absolute atomic E-state index is 0.132. The maximum Gasteiger partial charge on any atom is 0.262 e. The number of rotatable bonds is 7. The van der Waals surface area contributed by atoms with E-state index in [9.17, 15) is 14.4 Å². The summed E-state index contributed by atoms with van der Waals surface area (Å²) in [6, 6.07) is 14.5. The van der Waals surface area contributed by atoms with Gasteiger partial charge in [-0.05, 0) is 43.2 Å². The molecule has 0 aliphatic carbocycles. The van der Waals surface area contributed by atoms with E-state index in [1.165, 1.54) is 22.6 Å². The van der Waals surface area contributed by atoms with Crippen LogP contribution >= 0.6 is 11.3 Å². The zero-order valence-electron chi connectivity index (χ0n) is 18.0. The number of imide groups is 1. The summed E-state index contributed by atoms with van der Waals surface area (Å²) in [7, 11) is 0. The molecule has 0 bridgehead atoms. The molecule has 0 radical (unpaired) electrons. The van der Waals surface area contributed by atoms with Crippen LogP contribution in [-0.4, -0.2) is 39.4 Å². The van der Waals surface area contributed by atoms with E-state index in [1.54, 1.807) is 28.8 Å². The molecule has 7 nitrogen and oxygen atoms in total. The quantitative estimate of drug-likeness (QED) is 0.387. The van der Waals surface area contributed by atoms with Gasteiger partial charge in [-0.25, -0.2) is 4.98 Å². The number of carbonyl (C=O) groups is 2. The standard InChI is InChI=1S/C25H21N3O4S/c1-2-32-17-10-8-16(9-11-17)20-14-33-22-21(20)25(31)27(15-26-22)12-5-13-28-23(29)18-6-3-4-7-19(18)24(28)30/h3-4,6-11,14-15H,2,5,12-13H2,1H3. The van der Waals surface area contributed by atoms with Crippen LogP contribution in [-0.2, 0) is 6.54 Å². The molecular weight excluding hydrogens is 438 g/mol. The molecule has 0 fully saturated rings. The fourth-order valence-corrected chi connectivity index (χ4v) is 4.98. The number of aryl methyl sites for hydroxylation is 1. The first kappa shape index (κ1) is 21.1. The van der Waals surface area contributed by atoms with Crippen LogP contribution in [0.1, 0.15) is 34.1 Å². The van der Waals surface area contributed by atoms with Gasteiger partial charge in [0.25, 0.3) is 17.4 Å². The van der Waals surface area contributed by atoms with Crippen LogP contribution in [0.15, 0.2) is 65.0 Å². The van der Waals surface area contributed by atoms with Gasteiger partial charge in [-0.15, -0.1) is 11.3 Å². The van der Waals surface area contributed by atoms with E-state index < -0.39 is 0 Å². The Bertz CT molecular complexity index is 1390. The fourth-order valence-electron chi connectivity index (χ4n) is 4.08. The number of amides is 2. The van der Waals surface area contributed by atoms with Crippen LogP contribution < -0.4 is 10.3 Å². The van der Waals surface area contributed by atoms with E-state index in [0.717, 1.165) is 16.9 Å². The molecule has 8 heteroatoms. The summed E-state index contributed by atoms with van der Waals surface area (Å²) in [4.78, 5) is 44.7. The first-order chi connectivity index (χ1) is 16.1. The van der Waals surface area contributed by atoms with Crippen molar-refractivity contribution in [2.24, 2.45) is 0 Å². The molecule has 1 aliphatic rings. The lowest BCUT2D eigenvalue weighted by Gasteiger charge is -2.14. The minimum Gasteiger partial charge on any atom is -0.494 e. The second kappa shape index (κ2) is 8.63. The molecule has 33 heavy (non-hydrogen) atoms. The largest absolute Gasteiger partial charge is 0.494 e. The minimum atomic E-state index is -0.285. The normalized spacial score (nSPS) is 13.1. The van der Waals surface area contributed by atoms with Crippen molar-refractivity contribution in [3.8, 4) is 16.9 Å². The zero-order valence-corrected chi connectivity index (χ0v) is 18.8.